The average Bonchev–Trinajstić information content (AvgIpc) is 2.36. The van der Waals surface area contributed by atoms with E-state index in [0.717, 1.165) is 24.8 Å². The first-order valence-corrected chi connectivity index (χ1v) is 6.37. The normalized spacial score (nSPS) is 15.0. The maximum atomic E-state index is 11.9. The van der Waals surface area contributed by atoms with Gasteiger partial charge in [0.2, 0.25) is 0 Å². The maximum absolute atomic E-state index is 11.9. The zero-order chi connectivity index (χ0) is 11.8. The highest BCUT2D eigenvalue weighted by Gasteiger charge is 2.17. The maximum Gasteiger partial charge on any atom is 0.163 e. The van der Waals surface area contributed by atoms with Crippen LogP contribution >= 0.6 is 0 Å². The van der Waals surface area contributed by atoms with Gasteiger partial charge in [0.15, 0.2) is 5.78 Å². The van der Waals surface area contributed by atoms with Crippen molar-refractivity contribution in [3.05, 3.63) is 47.0 Å². The van der Waals surface area contributed by atoms with Crippen molar-refractivity contribution in [2.45, 2.75) is 32.6 Å². The number of fused-ring (bicyclic) bond motifs is 2. The number of benzene rings is 2. The molecule has 0 aromatic heterocycles. The molecule has 1 heteroatoms. The van der Waals surface area contributed by atoms with Crippen LogP contribution in [-0.4, -0.2) is 5.78 Å². The molecule has 0 amide bonds. The van der Waals surface area contributed by atoms with Crippen LogP contribution in [0.5, 0.6) is 0 Å². The second-order valence-electron chi connectivity index (χ2n) is 4.78. The monoisotopic (exact) mass is 224 g/mol. The topological polar surface area (TPSA) is 17.1 Å². The van der Waals surface area contributed by atoms with Crippen LogP contribution in [0.25, 0.3) is 10.8 Å². The molecule has 0 spiro atoms. The van der Waals surface area contributed by atoms with E-state index in [2.05, 4.69) is 37.3 Å². The minimum atomic E-state index is 0.315. The number of Topliss-reactive ketones (excluding diaryl/α,β-unsaturated/α-hetero) is 1. The molecule has 0 radical (unpaired) electrons. The first kappa shape index (κ1) is 10.5. The zero-order valence-corrected chi connectivity index (χ0v) is 10.1. The molecule has 2 aromatic rings. The van der Waals surface area contributed by atoms with Gasteiger partial charge in [-0.05, 0) is 47.2 Å². The first-order chi connectivity index (χ1) is 8.29. The summed E-state index contributed by atoms with van der Waals surface area (Å²) in [6.45, 7) is 2.18. The van der Waals surface area contributed by atoms with Gasteiger partial charge in [0.25, 0.3) is 0 Å². The van der Waals surface area contributed by atoms with E-state index in [4.69, 9.17) is 0 Å². The van der Waals surface area contributed by atoms with Crippen molar-refractivity contribution in [3.8, 4) is 0 Å². The van der Waals surface area contributed by atoms with E-state index in [9.17, 15) is 4.79 Å². The average molecular weight is 224 g/mol. The number of rotatable bonds is 1. The molecule has 1 aliphatic rings. The van der Waals surface area contributed by atoms with Gasteiger partial charge in [0, 0.05) is 12.0 Å². The number of hydrogen-bond acceptors (Lipinski definition) is 1. The Hall–Kier alpha value is -1.63. The largest absolute Gasteiger partial charge is 0.294 e. The Morgan fingerprint density at radius 2 is 2.06 bits per heavy atom. The first-order valence-electron chi connectivity index (χ1n) is 6.37. The lowest BCUT2D eigenvalue weighted by molar-refractivity contribution is 0.0972. The number of aryl methyl sites for hydroxylation is 2. The van der Waals surface area contributed by atoms with E-state index < -0.39 is 0 Å². The lowest BCUT2D eigenvalue weighted by Gasteiger charge is -2.16. The van der Waals surface area contributed by atoms with Crippen LogP contribution in [0.2, 0.25) is 0 Å². The molecule has 0 bridgehead atoms. The van der Waals surface area contributed by atoms with E-state index >= 15 is 0 Å². The Bertz CT molecular complexity index is 596. The van der Waals surface area contributed by atoms with Crippen LogP contribution in [0.15, 0.2) is 30.3 Å². The van der Waals surface area contributed by atoms with Gasteiger partial charge in [-0.15, -0.1) is 0 Å². The van der Waals surface area contributed by atoms with E-state index in [1.165, 1.54) is 21.9 Å². The second kappa shape index (κ2) is 3.99. The Morgan fingerprint density at radius 1 is 1.18 bits per heavy atom. The predicted octanol–water partition coefficient (Wildman–Crippen LogP) is 3.92. The van der Waals surface area contributed by atoms with Crippen LogP contribution in [0.3, 0.4) is 0 Å². The molecule has 0 atom stereocenters. The third-order valence-corrected chi connectivity index (χ3v) is 3.73. The molecule has 1 nitrogen and oxygen atoms in total. The molecule has 0 fully saturated rings. The summed E-state index contributed by atoms with van der Waals surface area (Å²) in [4.78, 5) is 11.9. The van der Waals surface area contributed by atoms with Crippen molar-refractivity contribution in [3.63, 3.8) is 0 Å². The van der Waals surface area contributed by atoms with Crippen LogP contribution in [-0.2, 0) is 12.8 Å². The standard InChI is InChI=1S/C16H16O/c1-2-11-5-3-6-12-10-15-13(9-14(11)12)7-4-8-16(15)17/h3,5-6,9-10H,2,4,7-8H2,1H3. The SMILES string of the molecule is CCc1cccc2cc3c(cc12)CCCC3=O. The Labute approximate surface area is 101 Å². The van der Waals surface area contributed by atoms with Crippen molar-refractivity contribution in [2.24, 2.45) is 0 Å². The minimum absolute atomic E-state index is 0.315. The van der Waals surface area contributed by atoms with Crippen LogP contribution in [0.4, 0.5) is 0 Å². The molecule has 3 rings (SSSR count). The molecule has 0 heterocycles. The Kier molecular flexibility index (Phi) is 2.47. The summed E-state index contributed by atoms with van der Waals surface area (Å²) in [6.07, 6.45) is 3.82. The van der Waals surface area contributed by atoms with Gasteiger partial charge in [-0.3, -0.25) is 4.79 Å². The van der Waals surface area contributed by atoms with Crippen LogP contribution in [0, 0.1) is 0 Å². The summed E-state index contributed by atoms with van der Waals surface area (Å²) in [6, 6.07) is 10.7. The fourth-order valence-electron chi connectivity index (χ4n) is 2.78. The molecule has 86 valence electrons. The van der Waals surface area contributed by atoms with Crippen molar-refractivity contribution < 1.29 is 4.79 Å². The lowest BCUT2D eigenvalue weighted by atomic mass is 9.87. The smallest absolute Gasteiger partial charge is 0.163 e. The predicted molar refractivity (Wildman–Crippen MR) is 70.6 cm³/mol. The van der Waals surface area contributed by atoms with Gasteiger partial charge < -0.3 is 0 Å². The van der Waals surface area contributed by atoms with E-state index in [0.29, 0.717) is 12.2 Å². The lowest BCUT2D eigenvalue weighted by Crippen LogP contribution is -2.10. The quantitative estimate of drug-likeness (QED) is 0.717. The van der Waals surface area contributed by atoms with Crippen molar-refractivity contribution in [1.29, 1.82) is 0 Å². The van der Waals surface area contributed by atoms with Crippen LogP contribution in [0.1, 0.15) is 41.3 Å². The number of carbonyl (C=O) groups is 1. The van der Waals surface area contributed by atoms with E-state index in [-0.39, 0.29) is 0 Å². The van der Waals surface area contributed by atoms with E-state index in [1.54, 1.807) is 0 Å². The van der Waals surface area contributed by atoms with Gasteiger partial charge in [-0.1, -0.05) is 31.2 Å². The molecular weight excluding hydrogens is 208 g/mol. The third-order valence-electron chi connectivity index (χ3n) is 3.73. The van der Waals surface area contributed by atoms with Gasteiger partial charge in [0.05, 0.1) is 0 Å². The zero-order valence-electron chi connectivity index (χ0n) is 10.1. The summed E-state index contributed by atoms with van der Waals surface area (Å²) < 4.78 is 0. The van der Waals surface area contributed by atoms with Gasteiger partial charge in [-0.25, -0.2) is 0 Å². The fourth-order valence-corrected chi connectivity index (χ4v) is 2.78. The summed E-state index contributed by atoms with van der Waals surface area (Å²) >= 11 is 0. The molecule has 0 saturated heterocycles. The molecule has 1 aliphatic carbocycles. The van der Waals surface area contributed by atoms with Crippen molar-refractivity contribution in [1.82, 2.24) is 0 Å². The summed E-state index contributed by atoms with van der Waals surface area (Å²) in [5, 5.41) is 2.53. The Balaban J connectivity index is 2.31. The Morgan fingerprint density at radius 3 is 2.88 bits per heavy atom. The third kappa shape index (κ3) is 1.66. The molecule has 17 heavy (non-hydrogen) atoms. The highest BCUT2D eigenvalue weighted by molar-refractivity contribution is 6.02. The molecular formula is C16H16O. The number of ketones is 1. The summed E-state index contributed by atoms with van der Waals surface area (Å²) in [5.41, 5.74) is 3.58. The second-order valence-corrected chi connectivity index (χ2v) is 4.78. The van der Waals surface area contributed by atoms with Crippen molar-refractivity contribution >= 4 is 16.6 Å². The van der Waals surface area contributed by atoms with Gasteiger partial charge >= 0.3 is 0 Å². The molecule has 0 aliphatic heterocycles. The highest BCUT2D eigenvalue weighted by atomic mass is 16.1. The number of hydrogen-bond donors (Lipinski definition) is 0. The van der Waals surface area contributed by atoms with Gasteiger partial charge in [0.1, 0.15) is 0 Å². The summed E-state index contributed by atoms with van der Waals surface area (Å²) in [5.74, 6) is 0.315. The fraction of sp³-hybridized carbons (Fsp3) is 0.312. The van der Waals surface area contributed by atoms with Crippen LogP contribution < -0.4 is 0 Å². The van der Waals surface area contributed by atoms with Crippen molar-refractivity contribution in [2.75, 3.05) is 0 Å². The van der Waals surface area contributed by atoms with E-state index in [1.807, 2.05) is 0 Å². The van der Waals surface area contributed by atoms with Gasteiger partial charge in [-0.2, -0.15) is 0 Å². The minimum Gasteiger partial charge on any atom is -0.294 e. The molecule has 0 saturated carbocycles. The molecule has 0 N–H and O–H groups in total. The number of carbonyl (C=O) groups excluding carboxylic acids is 1. The highest BCUT2D eigenvalue weighted by Crippen LogP contribution is 2.28. The molecule has 0 unspecified atom stereocenters. The molecule has 2 aromatic carbocycles. The summed E-state index contributed by atoms with van der Waals surface area (Å²) in [7, 11) is 0.